The fourth-order valence-electron chi connectivity index (χ4n) is 2.61. The number of rotatable bonds is 9. The van der Waals surface area contributed by atoms with E-state index in [1.165, 1.54) is 4.90 Å². The average molecular weight is 400 g/mol. The van der Waals surface area contributed by atoms with Gasteiger partial charge < -0.3 is 25.0 Å². The van der Waals surface area contributed by atoms with E-state index in [1.54, 1.807) is 52.3 Å². The molecule has 1 unspecified atom stereocenters. The Kier molecular flexibility index (Phi) is 7.82. The van der Waals surface area contributed by atoms with Crippen molar-refractivity contribution in [2.24, 2.45) is 0 Å². The van der Waals surface area contributed by atoms with Gasteiger partial charge in [-0.1, -0.05) is 12.1 Å². The number of pyridine rings is 1. The number of carbonyl (C=O) groups is 2. The highest BCUT2D eigenvalue weighted by Crippen LogP contribution is 2.30. The van der Waals surface area contributed by atoms with Gasteiger partial charge in [-0.25, -0.2) is 4.98 Å². The first-order chi connectivity index (χ1) is 13.8. The number of amides is 2. The van der Waals surface area contributed by atoms with Gasteiger partial charge in [0.2, 0.25) is 0 Å². The third kappa shape index (κ3) is 6.10. The Bertz CT molecular complexity index is 854. The molecule has 0 saturated heterocycles. The molecule has 2 N–H and O–H groups in total. The maximum atomic E-state index is 12.1. The fraction of sp³-hybridized carbons (Fsp3) is 0.381. The molecule has 0 aliphatic carbocycles. The van der Waals surface area contributed by atoms with Gasteiger partial charge in [-0.15, -0.1) is 0 Å². The largest absolute Gasteiger partial charge is 0.490 e. The van der Waals surface area contributed by atoms with Gasteiger partial charge in [0.05, 0.1) is 6.61 Å². The number of likely N-dealkylation sites (N-methyl/N-ethyl adjacent to an activating group) is 1. The second-order valence-corrected chi connectivity index (χ2v) is 6.55. The van der Waals surface area contributed by atoms with Crippen molar-refractivity contribution in [2.45, 2.75) is 26.5 Å². The van der Waals surface area contributed by atoms with E-state index in [0.29, 0.717) is 36.2 Å². The molecule has 29 heavy (non-hydrogen) atoms. The van der Waals surface area contributed by atoms with Gasteiger partial charge in [-0.2, -0.15) is 0 Å². The molecule has 156 valence electrons. The Labute approximate surface area is 171 Å². The molecule has 8 nitrogen and oxygen atoms in total. The Morgan fingerprint density at radius 2 is 1.93 bits per heavy atom. The number of nitrogens with one attached hydrogen (secondary N) is 2. The molecular weight excluding hydrogens is 372 g/mol. The predicted molar refractivity (Wildman–Crippen MR) is 111 cm³/mol. The fourth-order valence-corrected chi connectivity index (χ4v) is 2.61. The molecule has 2 amide bonds. The van der Waals surface area contributed by atoms with Gasteiger partial charge in [-0.05, 0) is 43.7 Å². The minimum absolute atomic E-state index is 0.125. The van der Waals surface area contributed by atoms with E-state index in [0.717, 1.165) is 5.56 Å². The monoisotopic (exact) mass is 400 g/mol. The van der Waals surface area contributed by atoms with E-state index < -0.39 is 6.10 Å². The summed E-state index contributed by atoms with van der Waals surface area (Å²) in [6.45, 7) is 4.55. The molecule has 0 aliphatic heterocycles. The Morgan fingerprint density at radius 3 is 2.59 bits per heavy atom. The average Bonchev–Trinajstić information content (AvgIpc) is 2.72. The van der Waals surface area contributed by atoms with Crippen molar-refractivity contribution in [1.82, 2.24) is 15.2 Å². The molecule has 0 fully saturated rings. The van der Waals surface area contributed by atoms with Gasteiger partial charge in [0.15, 0.2) is 17.6 Å². The van der Waals surface area contributed by atoms with Crippen LogP contribution in [0.1, 0.15) is 29.9 Å². The van der Waals surface area contributed by atoms with E-state index in [4.69, 9.17) is 9.47 Å². The van der Waals surface area contributed by atoms with Gasteiger partial charge in [-0.3, -0.25) is 9.59 Å². The van der Waals surface area contributed by atoms with Crippen molar-refractivity contribution in [3.05, 3.63) is 47.7 Å². The highest BCUT2D eigenvalue weighted by Gasteiger charge is 2.18. The number of anilines is 1. The molecule has 0 aliphatic rings. The third-order valence-corrected chi connectivity index (χ3v) is 4.08. The highest BCUT2D eigenvalue weighted by atomic mass is 16.5. The van der Waals surface area contributed by atoms with Crippen LogP contribution in [0.3, 0.4) is 0 Å². The van der Waals surface area contributed by atoms with Crippen LogP contribution in [0.2, 0.25) is 0 Å². The van der Waals surface area contributed by atoms with Crippen molar-refractivity contribution in [1.29, 1.82) is 0 Å². The summed E-state index contributed by atoms with van der Waals surface area (Å²) in [5, 5.41) is 5.75. The molecule has 2 aromatic rings. The summed E-state index contributed by atoms with van der Waals surface area (Å²) in [6, 6.07) is 10.8. The lowest BCUT2D eigenvalue weighted by atomic mass is 10.2. The maximum absolute atomic E-state index is 12.1. The number of hydrogen-bond donors (Lipinski definition) is 2. The normalized spacial score (nSPS) is 11.3. The second kappa shape index (κ2) is 10.3. The van der Waals surface area contributed by atoms with E-state index in [1.807, 2.05) is 19.1 Å². The van der Waals surface area contributed by atoms with Crippen LogP contribution in [0, 0.1) is 0 Å². The minimum Gasteiger partial charge on any atom is -0.490 e. The summed E-state index contributed by atoms with van der Waals surface area (Å²) < 4.78 is 11.5. The lowest BCUT2D eigenvalue weighted by Gasteiger charge is -2.20. The van der Waals surface area contributed by atoms with E-state index >= 15 is 0 Å². The lowest BCUT2D eigenvalue weighted by molar-refractivity contribution is -0.135. The number of carbonyl (C=O) groups excluding carboxylic acids is 2. The summed E-state index contributed by atoms with van der Waals surface area (Å²) >= 11 is 0. The zero-order chi connectivity index (χ0) is 21.4. The summed E-state index contributed by atoms with van der Waals surface area (Å²) in [6.07, 6.45) is -0.621. The van der Waals surface area contributed by atoms with E-state index in [-0.39, 0.29) is 11.8 Å². The number of nitrogens with zero attached hydrogens (tertiary/aromatic N) is 2. The first-order valence-electron chi connectivity index (χ1n) is 9.42. The third-order valence-electron chi connectivity index (χ3n) is 4.08. The van der Waals surface area contributed by atoms with Crippen LogP contribution in [0.5, 0.6) is 11.5 Å². The lowest BCUT2D eigenvalue weighted by Crippen LogP contribution is -2.35. The van der Waals surface area contributed by atoms with Gasteiger partial charge in [0, 0.05) is 27.7 Å². The smallest absolute Gasteiger partial charge is 0.269 e. The summed E-state index contributed by atoms with van der Waals surface area (Å²) in [4.78, 5) is 29.5. The zero-order valence-electron chi connectivity index (χ0n) is 17.5. The summed E-state index contributed by atoms with van der Waals surface area (Å²) in [7, 11) is 4.94. The van der Waals surface area contributed by atoms with Crippen LogP contribution in [0.15, 0.2) is 36.4 Å². The molecule has 1 aromatic heterocycles. The Morgan fingerprint density at radius 1 is 1.17 bits per heavy atom. The summed E-state index contributed by atoms with van der Waals surface area (Å²) in [5.74, 6) is 1.31. The van der Waals surface area contributed by atoms with Crippen molar-refractivity contribution < 1.29 is 19.1 Å². The van der Waals surface area contributed by atoms with Crippen LogP contribution < -0.4 is 20.1 Å². The summed E-state index contributed by atoms with van der Waals surface area (Å²) in [5.41, 5.74) is 1.29. The van der Waals surface area contributed by atoms with E-state index in [9.17, 15) is 9.59 Å². The van der Waals surface area contributed by atoms with Crippen molar-refractivity contribution in [2.75, 3.05) is 33.1 Å². The molecule has 0 bridgehead atoms. The first-order valence-corrected chi connectivity index (χ1v) is 9.42. The Hall–Kier alpha value is -3.29. The van der Waals surface area contributed by atoms with Gasteiger partial charge in [0.25, 0.3) is 11.8 Å². The number of hydrogen-bond acceptors (Lipinski definition) is 6. The molecule has 1 heterocycles. The molecular formula is C21H28N4O4. The van der Waals surface area contributed by atoms with Gasteiger partial charge in [0.1, 0.15) is 11.5 Å². The highest BCUT2D eigenvalue weighted by molar-refractivity contribution is 5.92. The molecule has 0 spiro atoms. The Balaban J connectivity index is 2.11. The molecule has 0 radical (unpaired) electrons. The van der Waals surface area contributed by atoms with Crippen molar-refractivity contribution in [3.8, 4) is 11.5 Å². The SMILES string of the molecule is CCOc1cc(CNc2cccc(C(=O)NC)n2)ccc1OC(C)C(=O)N(C)C. The molecule has 2 rings (SSSR count). The minimum atomic E-state index is -0.621. The van der Waals surface area contributed by atoms with Gasteiger partial charge >= 0.3 is 0 Å². The van der Waals surface area contributed by atoms with Crippen LogP contribution in [-0.2, 0) is 11.3 Å². The molecule has 0 saturated carbocycles. The molecule has 1 aromatic carbocycles. The number of ether oxygens (including phenoxy) is 2. The van der Waals surface area contributed by atoms with Crippen LogP contribution in [0.4, 0.5) is 5.82 Å². The first kappa shape index (κ1) is 22.0. The van der Waals surface area contributed by atoms with Crippen molar-refractivity contribution in [3.63, 3.8) is 0 Å². The zero-order valence-corrected chi connectivity index (χ0v) is 17.5. The number of benzene rings is 1. The predicted octanol–water partition coefficient (Wildman–Crippen LogP) is 2.31. The molecule has 1 atom stereocenters. The van der Waals surface area contributed by atoms with Crippen LogP contribution in [0.25, 0.3) is 0 Å². The molecule has 8 heteroatoms. The van der Waals surface area contributed by atoms with Crippen LogP contribution in [-0.4, -0.2) is 55.6 Å². The standard InChI is InChI=1S/C21H28N4O4/c1-6-28-18-12-15(10-11-17(18)29-14(2)21(27)25(4)5)13-23-19-9-7-8-16(24-19)20(26)22-3/h7-12,14H,6,13H2,1-5H3,(H,22,26)(H,23,24). The maximum Gasteiger partial charge on any atom is 0.269 e. The topological polar surface area (TPSA) is 92.8 Å². The van der Waals surface area contributed by atoms with E-state index in [2.05, 4.69) is 15.6 Å². The second-order valence-electron chi connectivity index (χ2n) is 6.55. The van der Waals surface area contributed by atoms with Crippen LogP contribution >= 0.6 is 0 Å². The van der Waals surface area contributed by atoms with Crippen molar-refractivity contribution >= 4 is 17.6 Å². The quantitative estimate of drug-likeness (QED) is 0.671. The number of aromatic nitrogens is 1.